The average molecular weight is 175 g/mol. The average Bonchev–Trinajstić information content (AvgIpc) is 2.21. The van der Waals surface area contributed by atoms with E-state index in [0.29, 0.717) is 0 Å². The van der Waals surface area contributed by atoms with Crippen molar-refractivity contribution in [3.05, 3.63) is 35.9 Å². The molecule has 1 radical (unpaired) electrons. The maximum atomic E-state index is 4.33. The molecule has 0 bridgehead atoms. The minimum atomic E-state index is 0.950. The molecule has 0 saturated heterocycles. The summed E-state index contributed by atoms with van der Waals surface area (Å²) in [7, 11) is 0. The maximum absolute atomic E-state index is 4.33. The highest BCUT2D eigenvalue weighted by Gasteiger charge is 1.90. The van der Waals surface area contributed by atoms with Crippen molar-refractivity contribution < 1.29 is 0 Å². The van der Waals surface area contributed by atoms with E-state index in [9.17, 15) is 0 Å². The molecule has 0 aliphatic heterocycles. The van der Waals surface area contributed by atoms with Crippen LogP contribution in [0.3, 0.4) is 0 Å². The van der Waals surface area contributed by atoms with Gasteiger partial charge in [0.15, 0.2) is 0 Å². The predicted molar refractivity (Wildman–Crippen MR) is 55.8 cm³/mol. The van der Waals surface area contributed by atoms with E-state index in [0.717, 1.165) is 18.7 Å². The van der Waals surface area contributed by atoms with Crippen LogP contribution in [-0.2, 0) is 0 Å². The fourth-order valence-corrected chi connectivity index (χ4v) is 1.02. The minimum Gasteiger partial charge on any atom is -0.298 e. The number of hydrogen-bond donors (Lipinski definition) is 0. The molecule has 0 aromatic heterocycles. The normalized spacial score (nSPS) is 10.6. The molecule has 1 rings (SSSR count). The molecule has 0 spiro atoms. The molecule has 0 aliphatic rings. The topological polar surface area (TPSA) is 15.6 Å². The summed E-state index contributed by atoms with van der Waals surface area (Å²) in [4.78, 5) is 0. The van der Waals surface area contributed by atoms with E-state index in [2.05, 4.69) is 25.0 Å². The molecule has 0 N–H and O–H groups in total. The third kappa shape index (κ3) is 3.28. The molecule has 0 aliphatic carbocycles. The molecule has 1 aromatic carbocycles. The van der Waals surface area contributed by atoms with Crippen molar-refractivity contribution in [2.45, 2.75) is 13.8 Å². The van der Waals surface area contributed by atoms with Crippen LogP contribution in [0.25, 0.3) is 0 Å². The van der Waals surface area contributed by atoms with Gasteiger partial charge in [0.1, 0.15) is 0 Å². The molecule has 0 atom stereocenters. The van der Waals surface area contributed by atoms with E-state index in [1.54, 1.807) is 0 Å². The zero-order valence-corrected chi connectivity index (χ0v) is 8.20. The first kappa shape index (κ1) is 9.78. The van der Waals surface area contributed by atoms with Gasteiger partial charge in [-0.05, 0) is 25.5 Å². The highest BCUT2D eigenvalue weighted by molar-refractivity contribution is 5.79. The van der Waals surface area contributed by atoms with Gasteiger partial charge in [0.05, 0.1) is 6.21 Å². The second kappa shape index (κ2) is 5.36. The monoisotopic (exact) mass is 175 g/mol. The predicted octanol–water partition coefficient (Wildman–Crippen LogP) is 2.16. The van der Waals surface area contributed by atoms with Crippen molar-refractivity contribution in [1.29, 1.82) is 0 Å². The molecule has 0 fully saturated rings. The largest absolute Gasteiger partial charge is 0.298 e. The first-order chi connectivity index (χ1) is 6.36. The minimum absolute atomic E-state index is 0.950. The van der Waals surface area contributed by atoms with Crippen LogP contribution >= 0.6 is 0 Å². The van der Waals surface area contributed by atoms with Gasteiger partial charge in [0.2, 0.25) is 0 Å². The fourth-order valence-electron chi connectivity index (χ4n) is 1.02. The second-order valence-corrected chi connectivity index (χ2v) is 2.72. The van der Waals surface area contributed by atoms with Crippen LogP contribution in [0.5, 0.6) is 0 Å². The number of rotatable bonds is 4. The van der Waals surface area contributed by atoms with Gasteiger partial charge in [-0.1, -0.05) is 24.3 Å². The Morgan fingerprint density at radius 3 is 2.46 bits per heavy atom. The van der Waals surface area contributed by atoms with Gasteiger partial charge in [-0.25, -0.2) is 0 Å². The quantitative estimate of drug-likeness (QED) is 0.506. The lowest BCUT2D eigenvalue weighted by atomic mass is 10.2. The van der Waals surface area contributed by atoms with E-state index in [1.807, 2.05) is 35.5 Å². The van der Waals surface area contributed by atoms with E-state index in [-0.39, 0.29) is 0 Å². The first-order valence-corrected chi connectivity index (χ1v) is 4.61. The van der Waals surface area contributed by atoms with Crippen LogP contribution in [0.1, 0.15) is 19.4 Å². The standard InChI is InChI=1S/C11H15N2/c1-3-13(4-2)12-10-11-8-6-5-7-9-11/h6-10H,3-4H2,1-2H3/b12-10+. The van der Waals surface area contributed by atoms with Crippen LogP contribution in [0.2, 0.25) is 0 Å². The summed E-state index contributed by atoms with van der Waals surface area (Å²) in [6.07, 6.45) is 1.88. The summed E-state index contributed by atoms with van der Waals surface area (Å²) in [5, 5.41) is 6.34. The molecule has 0 saturated carbocycles. The molecular weight excluding hydrogens is 160 g/mol. The third-order valence-corrected chi connectivity index (χ3v) is 1.84. The summed E-state index contributed by atoms with van der Waals surface area (Å²) in [5.41, 5.74) is 1.12. The van der Waals surface area contributed by atoms with Crippen LogP contribution < -0.4 is 0 Å². The molecule has 0 amide bonds. The fraction of sp³-hybridized carbons (Fsp3) is 0.364. The van der Waals surface area contributed by atoms with Gasteiger partial charge < -0.3 is 0 Å². The highest BCUT2D eigenvalue weighted by Crippen LogP contribution is 1.95. The lowest BCUT2D eigenvalue weighted by Gasteiger charge is -2.12. The summed E-state index contributed by atoms with van der Waals surface area (Å²) >= 11 is 0. The third-order valence-electron chi connectivity index (χ3n) is 1.84. The van der Waals surface area contributed by atoms with E-state index >= 15 is 0 Å². The van der Waals surface area contributed by atoms with Gasteiger partial charge in [-0.3, -0.25) is 5.01 Å². The zero-order valence-electron chi connectivity index (χ0n) is 8.20. The van der Waals surface area contributed by atoms with Gasteiger partial charge in [-0.2, -0.15) is 5.10 Å². The van der Waals surface area contributed by atoms with Crippen LogP contribution in [-0.4, -0.2) is 24.3 Å². The number of nitrogens with zero attached hydrogens (tertiary/aromatic N) is 2. The number of hydrogen-bond acceptors (Lipinski definition) is 2. The molecule has 13 heavy (non-hydrogen) atoms. The molecule has 69 valence electrons. The summed E-state index contributed by atoms with van der Waals surface area (Å²) in [6, 6.07) is 10.7. The lowest BCUT2D eigenvalue weighted by Crippen LogP contribution is -2.15. The maximum Gasteiger partial charge on any atom is 0.0542 e. The summed E-state index contributed by atoms with van der Waals surface area (Å²) in [6.45, 7) is 6.09. The van der Waals surface area contributed by atoms with Crippen molar-refractivity contribution >= 4 is 6.21 Å². The highest BCUT2D eigenvalue weighted by atomic mass is 15.4. The van der Waals surface area contributed by atoms with E-state index in [4.69, 9.17) is 0 Å². The van der Waals surface area contributed by atoms with Gasteiger partial charge in [0.25, 0.3) is 0 Å². The van der Waals surface area contributed by atoms with Crippen LogP contribution in [0.4, 0.5) is 0 Å². The Kier molecular flexibility index (Phi) is 4.03. The van der Waals surface area contributed by atoms with Crippen molar-refractivity contribution in [3.63, 3.8) is 0 Å². The Balaban J connectivity index is 2.57. The van der Waals surface area contributed by atoms with E-state index < -0.39 is 0 Å². The van der Waals surface area contributed by atoms with Crippen molar-refractivity contribution in [2.75, 3.05) is 13.1 Å². The van der Waals surface area contributed by atoms with E-state index in [1.165, 1.54) is 0 Å². The van der Waals surface area contributed by atoms with Gasteiger partial charge in [-0.15, -0.1) is 0 Å². The molecular formula is C11H15N2. The Labute approximate surface area is 79.9 Å². The molecule has 0 unspecified atom stereocenters. The Morgan fingerprint density at radius 1 is 1.31 bits per heavy atom. The summed E-state index contributed by atoms with van der Waals surface area (Å²) in [5.74, 6) is 0. The molecule has 2 nitrogen and oxygen atoms in total. The van der Waals surface area contributed by atoms with Crippen molar-refractivity contribution in [2.24, 2.45) is 5.10 Å². The molecule has 0 heterocycles. The van der Waals surface area contributed by atoms with Gasteiger partial charge >= 0.3 is 0 Å². The zero-order chi connectivity index (χ0) is 9.52. The number of hydrazone groups is 1. The Hall–Kier alpha value is -1.31. The summed E-state index contributed by atoms with van der Waals surface area (Å²) < 4.78 is 0. The Morgan fingerprint density at radius 2 is 1.92 bits per heavy atom. The Bertz CT molecular complexity index is 250. The van der Waals surface area contributed by atoms with Crippen molar-refractivity contribution in [1.82, 2.24) is 5.01 Å². The lowest BCUT2D eigenvalue weighted by molar-refractivity contribution is 0.323. The second-order valence-electron chi connectivity index (χ2n) is 2.72. The smallest absolute Gasteiger partial charge is 0.0542 e. The number of benzene rings is 1. The SMILES string of the molecule is CCN(CC)/N=C/c1cc[c]cc1. The van der Waals surface area contributed by atoms with Crippen LogP contribution in [0.15, 0.2) is 29.4 Å². The van der Waals surface area contributed by atoms with Crippen LogP contribution in [0, 0.1) is 6.07 Å². The van der Waals surface area contributed by atoms with Crippen molar-refractivity contribution in [3.8, 4) is 0 Å². The first-order valence-electron chi connectivity index (χ1n) is 4.61. The van der Waals surface area contributed by atoms with Gasteiger partial charge in [0, 0.05) is 13.1 Å². The molecule has 2 heteroatoms. The molecule has 1 aromatic rings.